The van der Waals surface area contributed by atoms with E-state index in [1.165, 1.54) is 13.8 Å². The number of benzene rings is 2. The van der Waals surface area contributed by atoms with Crippen LogP contribution in [0.3, 0.4) is 0 Å². The van der Waals surface area contributed by atoms with E-state index in [2.05, 4.69) is 13.2 Å². The summed E-state index contributed by atoms with van der Waals surface area (Å²) in [5.41, 5.74) is -0.979. The van der Waals surface area contributed by atoms with Gasteiger partial charge in [-0.15, -0.1) is 0 Å². The molecule has 0 unspecified atom stereocenters. The third-order valence-corrected chi connectivity index (χ3v) is 4.14. The summed E-state index contributed by atoms with van der Waals surface area (Å²) in [7, 11) is 0. The van der Waals surface area contributed by atoms with E-state index in [4.69, 9.17) is 4.42 Å². The van der Waals surface area contributed by atoms with E-state index in [0.29, 0.717) is 5.57 Å². The molecular weight excluding hydrogens is 340 g/mol. The van der Waals surface area contributed by atoms with Crippen LogP contribution in [-0.2, 0) is 0 Å². The molecule has 1 heterocycles. The van der Waals surface area contributed by atoms with Crippen LogP contribution in [0, 0.1) is 0 Å². The van der Waals surface area contributed by atoms with Crippen LogP contribution in [0.5, 0.6) is 28.7 Å². The van der Waals surface area contributed by atoms with Gasteiger partial charge in [-0.25, -0.2) is 0 Å². The number of allylic oxidation sites excluding steroid dienone is 2. The Hall–Kier alpha value is -3.61. The normalized spacial score (nSPS) is 11.2. The minimum Gasteiger partial charge on any atom is -0.507 e. The molecule has 0 aliphatic rings. The van der Waals surface area contributed by atoms with Gasteiger partial charge in [0.2, 0.25) is 16.9 Å². The van der Waals surface area contributed by atoms with E-state index >= 15 is 0 Å². The third kappa shape index (κ3) is 2.10. The van der Waals surface area contributed by atoms with Crippen molar-refractivity contribution in [3.63, 3.8) is 0 Å². The second-order valence-corrected chi connectivity index (χ2v) is 6.11. The van der Waals surface area contributed by atoms with Crippen molar-refractivity contribution in [1.29, 1.82) is 0 Å². The van der Waals surface area contributed by atoms with Gasteiger partial charge in [-0.2, -0.15) is 0 Å². The lowest BCUT2D eigenvalue weighted by atomic mass is 9.97. The van der Waals surface area contributed by atoms with Gasteiger partial charge >= 0.3 is 0 Å². The zero-order valence-corrected chi connectivity index (χ0v) is 14.0. The van der Waals surface area contributed by atoms with Gasteiger partial charge in [0, 0.05) is 11.6 Å². The fourth-order valence-corrected chi connectivity index (χ4v) is 3.01. The maximum Gasteiger partial charge on any atom is 0.206 e. The molecule has 0 bridgehead atoms. The number of hydrogen-bond donors (Lipinski definition) is 5. The van der Waals surface area contributed by atoms with Crippen molar-refractivity contribution < 1.29 is 29.9 Å². The Morgan fingerprint density at radius 2 is 1.42 bits per heavy atom. The molecule has 0 spiro atoms. The lowest BCUT2D eigenvalue weighted by molar-refractivity contribution is 0.366. The molecule has 0 atom stereocenters. The van der Waals surface area contributed by atoms with Crippen molar-refractivity contribution in [3.8, 4) is 28.7 Å². The van der Waals surface area contributed by atoms with Crippen LogP contribution in [0.1, 0.15) is 25.0 Å². The summed E-state index contributed by atoms with van der Waals surface area (Å²) in [5.74, 6) is -3.35. The van der Waals surface area contributed by atoms with Crippen LogP contribution >= 0.6 is 0 Å². The minimum absolute atomic E-state index is 0.0201. The summed E-state index contributed by atoms with van der Waals surface area (Å²) in [6.07, 6.45) is 0. The van der Waals surface area contributed by atoms with E-state index in [9.17, 15) is 30.3 Å². The van der Waals surface area contributed by atoms with Gasteiger partial charge in [-0.3, -0.25) is 4.79 Å². The van der Waals surface area contributed by atoms with Crippen molar-refractivity contribution >= 4 is 33.1 Å². The average Bonchev–Trinajstić information content (AvgIpc) is 2.53. The van der Waals surface area contributed by atoms with E-state index in [0.717, 1.165) is 6.07 Å². The Bertz CT molecular complexity index is 1200. The molecule has 0 aliphatic carbocycles. The minimum atomic E-state index is -0.870. The van der Waals surface area contributed by atoms with Gasteiger partial charge in [0.15, 0.2) is 11.3 Å². The quantitative estimate of drug-likeness (QED) is 0.350. The molecule has 7 nitrogen and oxygen atoms in total. The lowest BCUT2D eigenvalue weighted by Gasteiger charge is -2.14. The zero-order chi connectivity index (χ0) is 19.5. The average molecular weight is 356 g/mol. The molecule has 26 heavy (non-hydrogen) atoms. The van der Waals surface area contributed by atoms with Crippen molar-refractivity contribution in [3.05, 3.63) is 40.6 Å². The van der Waals surface area contributed by atoms with Crippen LogP contribution in [0.2, 0.25) is 0 Å². The molecule has 0 aliphatic heterocycles. The van der Waals surface area contributed by atoms with Crippen LogP contribution in [0.25, 0.3) is 33.1 Å². The topological polar surface area (TPSA) is 131 Å². The predicted molar refractivity (Wildman–Crippen MR) is 97.7 cm³/mol. The maximum atomic E-state index is 13.1. The van der Waals surface area contributed by atoms with E-state index in [-0.39, 0.29) is 38.8 Å². The molecule has 0 saturated heterocycles. The van der Waals surface area contributed by atoms with Gasteiger partial charge in [0.1, 0.15) is 22.5 Å². The van der Waals surface area contributed by atoms with Crippen LogP contribution in [-0.4, -0.2) is 25.5 Å². The van der Waals surface area contributed by atoms with Crippen molar-refractivity contribution in [1.82, 2.24) is 0 Å². The highest BCUT2D eigenvalue weighted by molar-refractivity contribution is 6.05. The molecule has 3 rings (SSSR count). The highest BCUT2D eigenvalue weighted by Crippen LogP contribution is 2.48. The Morgan fingerprint density at radius 1 is 0.846 bits per heavy atom. The summed E-state index contributed by atoms with van der Waals surface area (Å²) in [5, 5.41) is 50.2. The van der Waals surface area contributed by atoms with Crippen LogP contribution in [0.4, 0.5) is 0 Å². The van der Waals surface area contributed by atoms with Crippen LogP contribution < -0.4 is 5.43 Å². The summed E-state index contributed by atoms with van der Waals surface area (Å²) < 4.78 is 5.47. The fraction of sp³-hybridized carbons (Fsp3) is 0.105. The standard InChI is InChI=1S/C19H16O7/c1-6(2)10-8(20)5-9-12(14(10)21)15(22)13-11(7(3)4)16(23)17(24)18(25)19(13)26-9/h5,20-21,23-25H,1,3H2,2,4H3. The molecular formula is C19H16O7. The Balaban J connectivity index is 2.72. The van der Waals surface area contributed by atoms with E-state index in [1.54, 1.807) is 0 Å². The Morgan fingerprint density at radius 3 is 1.96 bits per heavy atom. The molecule has 1 aromatic heterocycles. The molecule has 2 aromatic carbocycles. The Kier molecular flexibility index (Phi) is 3.61. The van der Waals surface area contributed by atoms with Gasteiger partial charge in [-0.05, 0) is 25.0 Å². The van der Waals surface area contributed by atoms with Gasteiger partial charge in [-0.1, -0.05) is 13.2 Å². The second kappa shape index (κ2) is 5.45. The number of phenols is 5. The molecule has 0 radical (unpaired) electrons. The fourth-order valence-electron chi connectivity index (χ4n) is 3.01. The highest BCUT2D eigenvalue weighted by Gasteiger charge is 2.26. The predicted octanol–water partition coefficient (Wildman–Crippen LogP) is 3.54. The number of fused-ring (bicyclic) bond motifs is 2. The molecule has 5 N–H and O–H groups in total. The molecule has 3 aromatic rings. The summed E-state index contributed by atoms with van der Waals surface area (Å²) in [6.45, 7) is 10.3. The zero-order valence-electron chi connectivity index (χ0n) is 14.0. The monoisotopic (exact) mass is 356 g/mol. The van der Waals surface area contributed by atoms with Crippen molar-refractivity contribution in [2.24, 2.45) is 0 Å². The lowest BCUT2D eigenvalue weighted by Crippen LogP contribution is -2.06. The summed E-state index contributed by atoms with van der Waals surface area (Å²) in [6, 6.07) is 1.10. The molecule has 0 fully saturated rings. The Labute approximate surface area is 147 Å². The number of hydrogen-bond acceptors (Lipinski definition) is 7. The van der Waals surface area contributed by atoms with Gasteiger partial charge < -0.3 is 29.9 Å². The van der Waals surface area contributed by atoms with Crippen molar-refractivity contribution in [2.75, 3.05) is 0 Å². The first kappa shape index (κ1) is 17.2. The van der Waals surface area contributed by atoms with Gasteiger partial charge in [0.25, 0.3) is 0 Å². The maximum absolute atomic E-state index is 13.1. The largest absolute Gasteiger partial charge is 0.507 e. The number of phenolic OH excluding ortho intramolecular Hbond substituents is 5. The summed E-state index contributed by atoms with van der Waals surface area (Å²) >= 11 is 0. The number of rotatable bonds is 2. The highest BCUT2D eigenvalue weighted by atomic mass is 16.4. The third-order valence-electron chi connectivity index (χ3n) is 4.14. The first-order valence-electron chi connectivity index (χ1n) is 7.51. The molecule has 134 valence electrons. The second-order valence-electron chi connectivity index (χ2n) is 6.11. The van der Waals surface area contributed by atoms with Crippen LogP contribution in [0.15, 0.2) is 28.4 Å². The first-order chi connectivity index (χ1) is 12.1. The molecule has 0 saturated carbocycles. The van der Waals surface area contributed by atoms with E-state index in [1.807, 2.05) is 0 Å². The first-order valence-corrected chi connectivity index (χ1v) is 7.51. The SMILES string of the molecule is C=C(C)c1c(O)cc2oc3c(O)c(O)c(O)c(C(=C)C)c3c(=O)c2c1O. The summed E-state index contributed by atoms with van der Waals surface area (Å²) in [4.78, 5) is 13.1. The smallest absolute Gasteiger partial charge is 0.206 e. The molecule has 0 amide bonds. The number of aromatic hydroxyl groups is 5. The molecule has 7 heteroatoms. The van der Waals surface area contributed by atoms with Crippen molar-refractivity contribution in [2.45, 2.75) is 13.8 Å². The van der Waals surface area contributed by atoms with E-state index < -0.39 is 34.0 Å². The van der Waals surface area contributed by atoms with Gasteiger partial charge in [0.05, 0.1) is 10.9 Å².